The number of likely N-dealkylation sites (tertiary alicyclic amines) is 1. The first-order valence-electron chi connectivity index (χ1n) is 8.44. The van der Waals surface area contributed by atoms with Crippen LogP contribution in [0.2, 0.25) is 0 Å². The van der Waals surface area contributed by atoms with Crippen molar-refractivity contribution < 1.29 is 23.5 Å². The average molecular weight is 396 g/mol. The van der Waals surface area contributed by atoms with Crippen LogP contribution in [0.4, 0.5) is 8.78 Å². The molecule has 27 heavy (non-hydrogen) atoms. The summed E-state index contributed by atoms with van der Waals surface area (Å²) >= 11 is 0.863. The normalized spacial score (nSPS) is 20.4. The number of piperidine rings is 1. The molecule has 2 aromatic rings. The van der Waals surface area contributed by atoms with Gasteiger partial charge in [0.15, 0.2) is 5.01 Å². The first-order valence-corrected chi connectivity index (χ1v) is 9.25. The SMILES string of the molecule is CCN1CC[C@H](NC(=O)c2nnc(-c3ccc(F)cc3F)s2)[C@@H](C(=O)O)C1. The minimum Gasteiger partial charge on any atom is -0.481 e. The summed E-state index contributed by atoms with van der Waals surface area (Å²) in [5, 5.41) is 19.8. The number of hydrogen-bond acceptors (Lipinski definition) is 6. The summed E-state index contributed by atoms with van der Waals surface area (Å²) in [7, 11) is 0. The van der Waals surface area contributed by atoms with E-state index in [1.54, 1.807) is 0 Å². The number of aliphatic carboxylic acids is 1. The van der Waals surface area contributed by atoms with Crippen molar-refractivity contribution in [2.45, 2.75) is 19.4 Å². The molecule has 2 heterocycles. The zero-order valence-corrected chi connectivity index (χ0v) is 15.3. The Kier molecular flexibility index (Phi) is 5.76. The molecular weight excluding hydrogens is 378 g/mol. The summed E-state index contributed by atoms with van der Waals surface area (Å²) in [5.41, 5.74) is 0.0487. The largest absolute Gasteiger partial charge is 0.481 e. The molecule has 1 fully saturated rings. The van der Waals surface area contributed by atoms with Crippen LogP contribution in [0.15, 0.2) is 18.2 Å². The number of nitrogens with zero attached hydrogens (tertiary/aromatic N) is 3. The van der Waals surface area contributed by atoms with Gasteiger partial charge in [0, 0.05) is 30.8 Å². The lowest BCUT2D eigenvalue weighted by atomic mass is 9.92. The van der Waals surface area contributed by atoms with E-state index in [1.165, 1.54) is 6.07 Å². The van der Waals surface area contributed by atoms with Gasteiger partial charge in [-0.15, -0.1) is 10.2 Å². The second-order valence-corrected chi connectivity index (χ2v) is 7.22. The Bertz CT molecular complexity index is 860. The van der Waals surface area contributed by atoms with E-state index in [2.05, 4.69) is 15.5 Å². The molecule has 7 nitrogen and oxygen atoms in total. The van der Waals surface area contributed by atoms with E-state index in [9.17, 15) is 23.5 Å². The van der Waals surface area contributed by atoms with Crippen LogP contribution < -0.4 is 5.32 Å². The molecule has 0 aliphatic carbocycles. The second kappa shape index (κ2) is 8.05. The lowest BCUT2D eigenvalue weighted by Crippen LogP contribution is -2.53. The topological polar surface area (TPSA) is 95.4 Å². The predicted octanol–water partition coefficient (Wildman–Crippen LogP) is 2.01. The molecule has 0 saturated carbocycles. The fraction of sp³-hybridized carbons (Fsp3) is 0.412. The molecule has 144 valence electrons. The van der Waals surface area contributed by atoms with Crippen molar-refractivity contribution in [2.75, 3.05) is 19.6 Å². The summed E-state index contributed by atoms with van der Waals surface area (Å²) in [5.74, 6) is -3.75. The molecule has 1 aromatic heterocycles. The van der Waals surface area contributed by atoms with Gasteiger partial charge >= 0.3 is 5.97 Å². The molecule has 1 aromatic carbocycles. The smallest absolute Gasteiger partial charge is 0.309 e. The monoisotopic (exact) mass is 396 g/mol. The van der Waals surface area contributed by atoms with Crippen molar-refractivity contribution in [2.24, 2.45) is 5.92 Å². The maximum atomic E-state index is 13.9. The van der Waals surface area contributed by atoms with Crippen molar-refractivity contribution in [3.8, 4) is 10.6 Å². The Morgan fingerprint density at radius 3 is 2.81 bits per heavy atom. The van der Waals surface area contributed by atoms with E-state index in [-0.39, 0.29) is 15.6 Å². The molecule has 0 spiro atoms. The zero-order valence-electron chi connectivity index (χ0n) is 14.5. The number of carbonyl (C=O) groups is 2. The van der Waals surface area contributed by atoms with Crippen molar-refractivity contribution in [1.29, 1.82) is 0 Å². The number of nitrogens with one attached hydrogen (secondary N) is 1. The van der Waals surface area contributed by atoms with E-state index in [0.717, 1.165) is 30.0 Å². The number of halogens is 2. The van der Waals surface area contributed by atoms with Gasteiger partial charge in [-0.05, 0) is 25.1 Å². The number of carbonyl (C=O) groups excluding carboxylic acids is 1. The molecule has 0 radical (unpaired) electrons. The highest BCUT2D eigenvalue weighted by Crippen LogP contribution is 2.27. The molecule has 0 bridgehead atoms. The molecule has 1 amide bonds. The maximum absolute atomic E-state index is 13.9. The summed E-state index contributed by atoms with van der Waals surface area (Å²) in [4.78, 5) is 26.0. The van der Waals surface area contributed by atoms with Gasteiger partial charge in [0.2, 0.25) is 5.01 Å². The molecular formula is C17H18F2N4O3S. The van der Waals surface area contributed by atoms with Gasteiger partial charge < -0.3 is 15.3 Å². The third-order valence-electron chi connectivity index (χ3n) is 4.56. The zero-order chi connectivity index (χ0) is 19.6. The van der Waals surface area contributed by atoms with Crippen LogP contribution in [0.1, 0.15) is 23.1 Å². The van der Waals surface area contributed by atoms with Gasteiger partial charge in [0.1, 0.15) is 11.6 Å². The minimum absolute atomic E-state index is 0.00390. The first-order chi connectivity index (χ1) is 12.9. The van der Waals surface area contributed by atoms with Gasteiger partial charge in [-0.1, -0.05) is 18.3 Å². The molecule has 10 heteroatoms. The summed E-state index contributed by atoms with van der Waals surface area (Å²) in [6, 6.07) is 2.54. The Balaban J connectivity index is 1.73. The molecule has 2 atom stereocenters. The van der Waals surface area contributed by atoms with Crippen LogP contribution in [0.5, 0.6) is 0 Å². The number of carboxylic acids is 1. The van der Waals surface area contributed by atoms with Crippen LogP contribution in [0, 0.1) is 17.6 Å². The highest BCUT2D eigenvalue weighted by atomic mass is 32.1. The van der Waals surface area contributed by atoms with Crippen LogP contribution in [-0.2, 0) is 4.79 Å². The fourth-order valence-corrected chi connectivity index (χ4v) is 3.82. The lowest BCUT2D eigenvalue weighted by molar-refractivity contribution is -0.144. The number of carboxylic acid groups (broad SMARTS) is 1. The molecule has 1 saturated heterocycles. The molecule has 1 aliphatic rings. The highest BCUT2D eigenvalue weighted by Gasteiger charge is 2.35. The Labute approximate surface area is 158 Å². The third kappa shape index (κ3) is 4.28. The summed E-state index contributed by atoms with van der Waals surface area (Å²) in [6.07, 6.45) is 0.509. The quantitative estimate of drug-likeness (QED) is 0.803. The van der Waals surface area contributed by atoms with E-state index >= 15 is 0 Å². The summed E-state index contributed by atoms with van der Waals surface area (Å²) in [6.45, 7) is 3.74. The van der Waals surface area contributed by atoms with Crippen molar-refractivity contribution in [3.63, 3.8) is 0 Å². The number of rotatable bonds is 5. The van der Waals surface area contributed by atoms with Gasteiger partial charge in [-0.25, -0.2) is 8.78 Å². The van der Waals surface area contributed by atoms with Crippen LogP contribution in [-0.4, -0.2) is 57.8 Å². The Morgan fingerprint density at radius 1 is 1.37 bits per heavy atom. The molecule has 3 rings (SSSR count). The van der Waals surface area contributed by atoms with E-state index in [4.69, 9.17) is 0 Å². The van der Waals surface area contributed by atoms with Crippen molar-refractivity contribution in [3.05, 3.63) is 34.8 Å². The van der Waals surface area contributed by atoms with Crippen molar-refractivity contribution in [1.82, 2.24) is 20.4 Å². The van der Waals surface area contributed by atoms with Crippen LogP contribution in [0.25, 0.3) is 10.6 Å². The van der Waals surface area contributed by atoms with E-state index in [0.29, 0.717) is 19.5 Å². The highest BCUT2D eigenvalue weighted by molar-refractivity contribution is 7.16. The minimum atomic E-state index is -0.968. The predicted molar refractivity (Wildman–Crippen MR) is 94.4 cm³/mol. The van der Waals surface area contributed by atoms with E-state index in [1.807, 2.05) is 11.8 Å². The van der Waals surface area contributed by atoms with E-state index < -0.39 is 35.5 Å². The van der Waals surface area contributed by atoms with Gasteiger partial charge in [0.05, 0.1) is 5.92 Å². The number of hydrogen-bond donors (Lipinski definition) is 2. The molecule has 2 N–H and O–H groups in total. The molecule has 1 aliphatic heterocycles. The van der Waals surface area contributed by atoms with Crippen molar-refractivity contribution >= 4 is 23.2 Å². The maximum Gasteiger partial charge on any atom is 0.309 e. The number of aromatic nitrogens is 2. The van der Waals surface area contributed by atoms with Crippen LogP contribution >= 0.6 is 11.3 Å². The van der Waals surface area contributed by atoms with Crippen LogP contribution in [0.3, 0.4) is 0 Å². The van der Waals surface area contributed by atoms with Gasteiger partial charge in [0.25, 0.3) is 5.91 Å². The van der Waals surface area contributed by atoms with Gasteiger partial charge in [-0.2, -0.15) is 0 Å². The van der Waals surface area contributed by atoms with Gasteiger partial charge in [-0.3, -0.25) is 9.59 Å². The Hall–Kier alpha value is -2.46. The standard InChI is InChI=1S/C17H18F2N4O3S/c1-2-23-6-5-13(11(8-23)17(25)26)20-14(24)16-22-21-15(27-16)10-4-3-9(18)7-12(10)19/h3-4,7,11,13H,2,5-6,8H2,1H3,(H,20,24)(H,25,26)/t11-,13-/m0/s1. The Morgan fingerprint density at radius 2 is 2.15 bits per heavy atom. The summed E-state index contributed by atoms with van der Waals surface area (Å²) < 4.78 is 26.9. The second-order valence-electron chi connectivity index (χ2n) is 6.24. The lowest BCUT2D eigenvalue weighted by Gasteiger charge is -2.36. The average Bonchev–Trinajstić information content (AvgIpc) is 3.11. The number of benzene rings is 1. The molecule has 0 unspecified atom stereocenters. The first kappa shape index (κ1) is 19.3. The third-order valence-corrected chi connectivity index (χ3v) is 5.51. The fourth-order valence-electron chi connectivity index (χ4n) is 3.05. The number of amides is 1.